The molecule has 1 heterocycles. The van der Waals surface area contributed by atoms with Gasteiger partial charge in [-0.05, 0) is 59.3 Å². The van der Waals surface area contributed by atoms with Gasteiger partial charge in [-0.2, -0.15) is 0 Å². The largest absolute Gasteiger partial charge is 0.493 e. The summed E-state index contributed by atoms with van der Waals surface area (Å²) in [6.45, 7) is -0.0160. The molecule has 1 aliphatic rings. The minimum absolute atomic E-state index is 0.0164. The SMILES string of the molecule is COc1ccc(/C=C2\SC(=O)N(Cc3ccccc3F)C2=O)cc1OCc1ccc([N+](=O)[O-])cc1. The number of carbonyl (C=O) groups excluding carboxylic acids is 2. The Labute approximate surface area is 204 Å². The molecule has 3 aromatic carbocycles. The van der Waals surface area contributed by atoms with Crippen molar-refractivity contribution in [3.63, 3.8) is 0 Å². The molecule has 0 N–H and O–H groups in total. The second kappa shape index (κ2) is 10.4. The topological polar surface area (TPSA) is 99.0 Å². The van der Waals surface area contributed by atoms with E-state index in [0.29, 0.717) is 17.1 Å². The van der Waals surface area contributed by atoms with E-state index in [9.17, 15) is 24.1 Å². The second-order valence-corrected chi connectivity index (χ2v) is 8.47. The number of thioether (sulfide) groups is 1. The highest BCUT2D eigenvalue weighted by Crippen LogP contribution is 2.35. The number of benzene rings is 3. The minimum Gasteiger partial charge on any atom is -0.493 e. The number of nitrogens with zero attached hydrogens (tertiary/aromatic N) is 2. The predicted molar refractivity (Wildman–Crippen MR) is 128 cm³/mol. The molecule has 2 amide bonds. The third-order valence-corrected chi connectivity index (χ3v) is 6.09. The molecule has 35 heavy (non-hydrogen) atoms. The molecule has 4 rings (SSSR count). The summed E-state index contributed by atoms with van der Waals surface area (Å²) in [5, 5.41) is 10.3. The first kappa shape index (κ1) is 24.0. The molecule has 0 spiro atoms. The first-order valence-corrected chi connectivity index (χ1v) is 11.2. The van der Waals surface area contributed by atoms with Crippen LogP contribution in [0.5, 0.6) is 11.5 Å². The third-order valence-electron chi connectivity index (χ3n) is 5.19. The first-order chi connectivity index (χ1) is 16.9. The minimum atomic E-state index is -0.507. The Morgan fingerprint density at radius 3 is 2.49 bits per heavy atom. The number of hydrogen-bond donors (Lipinski definition) is 0. The van der Waals surface area contributed by atoms with Crippen molar-refractivity contribution in [3.05, 3.63) is 104 Å². The lowest BCUT2D eigenvalue weighted by Crippen LogP contribution is -2.27. The zero-order valence-electron chi connectivity index (χ0n) is 18.5. The maximum absolute atomic E-state index is 14.0. The van der Waals surface area contributed by atoms with Gasteiger partial charge in [0.25, 0.3) is 16.8 Å². The van der Waals surface area contributed by atoms with Crippen LogP contribution in [0.3, 0.4) is 0 Å². The van der Waals surface area contributed by atoms with Crippen molar-refractivity contribution in [2.45, 2.75) is 13.2 Å². The number of methoxy groups -OCH3 is 1. The van der Waals surface area contributed by atoms with Gasteiger partial charge in [-0.1, -0.05) is 24.3 Å². The maximum atomic E-state index is 14.0. The first-order valence-electron chi connectivity index (χ1n) is 10.4. The molecule has 178 valence electrons. The van der Waals surface area contributed by atoms with E-state index in [1.165, 1.54) is 37.4 Å². The van der Waals surface area contributed by atoms with Gasteiger partial charge in [-0.25, -0.2) is 4.39 Å². The number of nitro benzene ring substituents is 1. The fraction of sp³-hybridized carbons (Fsp3) is 0.120. The van der Waals surface area contributed by atoms with Crippen LogP contribution in [0.4, 0.5) is 14.9 Å². The van der Waals surface area contributed by atoms with Gasteiger partial charge < -0.3 is 9.47 Å². The van der Waals surface area contributed by atoms with Crippen molar-refractivity contribution in [2.75, 3.05) is 7.11 Å². The van der Waals surface area contributed by atoms with E-state index < -0.39 is 21.9 Å². The van der Waals surface area contributed by atoms with E-state index in [2.05, 4.69) is 0 Å². The molecule has 0 unspecified atom stereocenters. The maximum Gasteiger partial charge on any atom is 0.293 e. The Kier molecular flexibility index (Phi) is 7.11. The molecule has 3 aromatic rings. The Morgan fingerprint density at radius 1 is 1.06 bits per heavy atom. The molecule has 10 heteroatoms. The van der Waals surface area contributed by atoms with Crippen LogP contribution in [-0.4, -0.2) is 28.1 Å². The van der Waals surface area contributed by atoms with Gasteiger partial charge in [0.2, 0.25) is 0 Å². The molecule has 0 saturated carbocycles. The van der Waals surface area contributed by atoms with Crippen LogP contribution in [0.25, 0.3) is 6.08 Å². The fourth-order valence-electron chi connectivity index (χ4n) is 3.36. The lowest BCUT2D eigenvalue weighted by molar-refractivity contribution is -0.384. The van der Waals surface area contributed by atoms with E-state index in [4.69, 9.17) is 9.47 Å². The highest BCUT2D eigenvalue weighted by atomic mass is 32.2. The number of imide groups is 1. The zero-order chi connectivity index (χ0) is 24.9. The highest BCUT2D eigenvalue weighted by Gasteiger charge is 2.35. The average Bonchev–Trinajstić information content (AvgIpc) is 3.11. The van der Waals surface area contributed by atoms with Crippen molar-refractivity contribution in [1.29, 1.82) is 0 Å². The van der Waals surface area contributed by atoms with E-state index in [1.807, 2.05) is 0 Å². The lowest BCUT2D eigenvalue weighted by atomic mass is 10.1. The van der Waals surface area contributed by atoms with E-state index in [0.717, 1.165) is 22.2 Å². The summed E-state index contributed by atoms with van der Waals surface area (Å²) in [6.07, 6.45) is 1.56. The predicted octanol–water partition coefficient (Wildman–Crippen LogP) is 5.56. The van der Waals surface area contributed by atoms with Crippen molar-refractivity contribution >= 4 is 34.7 Å². The molecule has 0 bridgehead atoms. The van der Waals surface area contributed by atoms with Crippen molar-refractivity contribution in [3.8, 4) is 11.5 Å². The molecule has 8 nitrogen and oxygen atoms in total. The van der Waals surface area contributed by atoms with Gasteiger partial charge >= 0.3 is 0 Å². The fourth-order valence-corrected chi connectivity index (χ4v) is 4.19. The molecule has 0 aromatic heterocycles. The van der Waals surface area contributed by atoms with Gasteiger partial charge in [-0.3, -0.25) is 24.6 Å². The average molecular weight is 495 g/mol. The molecule has 0 aliphatic carbocycles. The van der Waals surface area contributed by atoms with Crippen molar-refractivity contribution in [2.24, 2.45) is 0 Å². The third kappa shape index (κ3) is 5.49. The zero-order valence-corrected chi connectivity index (χ0v) is 19.3. The summed E-state index contributed by atoms with van der Waals surface area (Å²) in [5.41, 5.74) is 1.55. The van der Waals surface area contributed by atoms with Gasteiger partial charge in [0.1, 0.15) is 12.4 Å². The Morgan fingerprint density at radius 2 is 1.80 bits per heavy atom. The van der Waals surface area contributed by atoms with Crippen molar-refractivity contribution in [1.82, 2.24) is 4.90 Å². The highest BCUT2D eigenvalue weighted by molar-refractivity contribution is 8.18. The lowest BCUT2D eigenvalue weighted by Gasteiger charge is -2.13. The molecular formula is C25H19FN2O6S. The van der Waals surface area contributed by atoms with Gasteiger partial charge in [0.05, 0.1) is 23.5 Å². The van der Waals surface area contributed by atoms with Crippen LogP contribution in [0.15, 0.2) is 71.6 Å². The van der Waals surface area contributed by atoms with E-state index >= 15 is 0 Å². The summed E-state index contributed by atoms with van der Waals surface area (Å²) in [5.74, 6) is -0.144. The van der Waals surface area contributed by atoms with Gasteiger partial charge in [0.15, 0.2) is 11.5 Å². The number of amides is 2. The summed E-state index contributed by atoms with van der Waals surface area (Å²) >= 11 is 0.780. The number of carbonyl (C=O) groups is 2. The summed E-state index contributed by atoms with van der Waals surface area (Å²) in [7, 11) is 1.49. The normalized spacial score (nSPS) is 14.5. The molecule has 0 radical (unpaired) electrons. The van der Waals surface area contributed by atoms with Crippen LogP contribution in [0, 0.1) is 15.9 Å². The van der Waals surface area contributed by atoms with Gasteiger partial charge in [0, 0.05) is 17.7 Å². The Hall–Kier alpha value is -4.18. The molecule has 1 aliphatic heterocycles. The van der Waals surface area contributed by atoms with Crippen LogP contribution < -0.4 is 9.47 Å². The number of rotatable bonds is 8. The summed E-state index contributed by atoms with van der Waals surface area (Å²) in [4.78, 5) is 36.8. The number of hydrogen-bond acceptors (Lipinski definition) is 7. The van der Waals surface area contributed by atoms with Crippen LogP contribution in [-0.2, 0) is 17.9 Å². The second-order valence-electron chi connectivity index (χ2n) is 7.48. The van der Waals surface area contributed by atoms with Crippen LogP contribution >= 0.6 is 11.8 Å². The van der Waals surface area contributed by atoms with E-state index in [1.54, 1.807) is 42.5 Å². The Bertz CT molecular complexity index is 1330. The number of non-ortho nitro benzene ring substituents is 1. The molecule has 0 atom stereocenters. The van der Waals surface area contributed by atoms with E-state index in [-0.39, 0.29) is 29.3 Å². The molecule has 1 saturated heterocycles. The monoisotopic (exact) mass is 494 g/mol. The molecule has 1 fully saturated rings. The number of halogens is 1. The van der Waals surface area contributed by atoms with Crippen LogP contribution in [0.2, 0.25) is 0 Å². The Balaban J connectivity index is 1.51. The smallest absolute Gasteiger partial charge is 0.293 e. The standard InChI is InChI=1S/C25H19FN2O6S/c1-33-21-11-8-17(12-22(21)34-15-16-6-9-19(10-7-16)28(31)32)13-23-24(29)27(25(30)35-23)14-18-4-2-3-5-20(18)26/h2-13H,14-15H2,1H3/b23-13-. The van der Waals surface area contributed by atoms with Gasteiger partial charge in [-0.15, -0.1) is 0 Å². The summed E-state index contributed by atoms with van der Waals surface area (Å²) < 4.78 is 25.2. The van der Waals surface area contributed by atoms with Crippen molar-refractivity contribution < 1.29 is 28.4 Å². The quantitative estimate of drug-likeness (QED) is 0.230. The number of ether oxygens (including phenoxy) is 2. The molecular weight excluding hydrogens is 475 g/mol. The number of nitro groups is 1. The van der Waals surface area contributed by atoms with Crippen LogP contribution in [0.1, 0.15) is 16.7 Å². The summed E-state index contributed by atoms with van der Waals surface area (Å²) in [6, 6.07) is 17.0.